The van der Waals surface area contributed by atoms with Crippen molar-refractivity contribution in [1.29, 1.82) is 0 Å². The molecule has 0 spiro atoms. The number of carbonyl (C=O) groups is 1. The molecule has 26 heavy (non-hydrogen) atoms. The maximum Gasteiger partial charge on any atom is 0.253 e. The van der Waals surface area contributed by atoms with Gasteiger partial charge in [-0.15, -0.1) is 0 Å². The lowest BCUT2D eigenvalue weighted by Crippen LogP contribution is -2.22. The molecule has 0 aliphatic heterocycles. The number of hydrogen-bond donors (Lipinski definition) is 2. The van der Waals surface area contributed by atoms with E-state index in [9.17, 15) is 4.79 Å². The highest BCUT2D eigenvalue weighted by Gasteiger charge is 2.09. The molecule has 2 heterocycles. The van der Waals surface area contributed by atoms with E-state index in [4.69, 9.17) is 9.15 Å². The summed E-state index contributed by atoms with van der Waals surface area (Å²) < 4.78 is 11.0. The Hall–Kier alpha value is -3.28. The Bertz CT molecular complexity index is 843. The summed E-state index contributed by atoms with van der Waals surface area (Å²) in [4.78, 5) is 16.5. The van der Waals surface area contributed by atoms with Crippen molar-refractivity contribution >= 4 is 17.4 Å². The summed E-state index contributed by atoms with van der Waals surface area (Å²) in [6.07, 6.45) is 3.18. The number of furan rings is 1. The normalized spacial score (nSPS) is 10.6. The number of pyridine rings is 1. The smallest absolute Gasteiger partial charge is 0.253 e. The fraction of sp³-hybridized carbons (Fsp3) is 0.200. The molecule has 0 atom stereocenters. The van der Waals surface area contributed by atoms with Crippen molar-refractivity contribution in [2.75, 3.05) is 5.32 Å². The van der Waals surface area contributed by atoms with E-state index >= 15 is 0 Å². The average Bonchev–Trinajstić information content (AvgIpc) is 3.15. The first-order valence-electron chi connectivity index (χ1n) is 8.41. The van der Waals surface area contributed by atoms with Crippen LogP contribution in [-0.4, -0.2) is 17.0 Å². The van der Waals surface area contributed by atoms with Crippen LogP contribution in [0.3, 0.4) is 0 Å². The largest absolute Gasteiger partial charge is 0.489 e. The second-order valence-corrected chi connectivity index (χ2v) is 5.98. The third-order valence-electron chi connectivity index (χ3n) is 3.54. The van der Waals surface area contributed by atoms with Crippen molar-refractivity contribution < 1.29 is 13.9 Å². The van der Waals surface area contributed by atoms with Crippen LogP contribution in [0.5, 0.6) is 5.75 Å². The predicted molar refractivity (Wildman–Crippen MR) is 99.6 cm³/mol. The minimum atomic E-state index is -0.205. The summed E-state index contributed by atoms with van der Waals surface area (Å²) in [7, 11) is 0. The molecule has 3 rings (SSSR count). The quantitative estimate of drug-likeness (QED) is 0.669. The third-order valence-corrected chi connectivity index (χ3v) is 3.54. The van der Waals surface area contributed by atoms with Gasteiger partial charge in [0.05, 0.1) is 30.2 Å². The highest BCUT2D eigenvalue weighted by molar-refractivity contribution is 5.94. The molecule has 0 aliphatic rings. The number of anilines is 2. The summed E-state index contributed by atoms with van der Waals surface area (Å²) in [5.41, 5.74) is 1.30. The standard InChI is InChI=1S/C20H21N3O3/c1-14(2)26-18-8-4-3-7-17(18)23-19-10-9-15(12-21-19)20(24)22-13-16-6-5-11-25-16/h3-12,14H,13H2,1-2H3,(H,21,23)(H,22,24). The summed E-state index contributed by atoms with van der Waals surface area (Å²) in [5, 5.41) is 6.00. The van der Waals surface area contributed by atoms with E-state index in [2.05, 4.69) is 15.6 Å². The molecule has 1 amide bonds. The number of para-hydroxylation sites is 2. The number of amides is 1. The summed E-state index contributed by atoms with van der Waals surface area (Å²) >= 11 is 0. The molecule has 0 radical (unpaired) electrons. The second kappa shape index (κ2) is 8.20. The molecule has 0 saturated heterocycles. The van der Waals surface area contributed by atoms with E-state index in [0.29, 0.717) is 23.7 Å². The van der Waals surface area contributed by atoms with Crippen LogP contribution in [0, 0.1) is 0 Å². The molecule has 0 fully saturated rings. The van der Waals surface area contributed by atoms with Gasteiger partial charge in [-0.2, -0.15) is 0 Å². The molecule has 3 aromatic rings. The lowest BCUT2D eigenvalue weighted by Gasteiger charge is -2.15. The van der Waals surface area contributed by atoms with Gasteiger partial charge in [0.25, 0.3) is 5.91 Å². The van der Waals surface area contributed by atoms with Crippen LogP contribution in [0.1, 0.15) is 30.0 Å². The maximum absolute atomic E-state index is 12.2. The molecule has 0 unspecified atom stereocenters. The van der Waals surface area contributed by atoms with Gasteiger partial charge in [-0.1, -0.05) is 12.1 Å². The molecule has 6 nitrogen and oxygen atoms in total. The molecule has 2 N–H and O–H groups in total. The maximum atomic E-state index is 12.2. The number of rotatable bonds is 7. The monoisotopic (exact) mass is 351 g/mol. The SMILES string of the molecule is CC(C)Oc1ccccc1Nc1ccc(C(=O)NCc2ccco2)cn1. The molecule has 0 bridgehead atoms. The van der Waals surface area contributed by atoms with Crippen LogP contribution in [0.25, 0.3) is 0 Å². The minimum Gasteiger partial charge on any atom is -0.489 e. The zero-order valence-corrected chi connectivity index (χ0v) is 14.7. The first-order chi connectivity index (χ1) is 12.6. The lowest BCUT2D eigenvalue weighted by atomic mass is 10.2. The van der Waals surface area contributed by atoms with Crippen molar-refractivity contribution in [1.82, 2.24) is 10.3 Å². The topological polar surface area (TPSA) is 76.4 Å². The second-order valence-electron chi connectivity index (χ2n) is 5.98. The Morgan fingerprint density at radius 2 is 2.00 bits per heavy atom. The van der Waals surface area contributed by atoms with Gasteiger partial charge in [0, 0.05) is 6.20 Å². The summed E-state index contributed by atoms with van der Waals surface area (Å²) in [5.74, 6) is 1.88. The number of nitrogens with zero attached hydrogens (tertiary/aromatic N) is 1. The molecule has 2 aromatic heterocycles. The minimum absolute atomic E-state index is 0.0751. The van der Waals surface area contributed by atoms with Crippen LogP contribution in [-0.2, 0) is 6.54 Å². The van der Waals surface area contributed by atoms with E-state index in [1.54, 1.807) is 24.5 Å². The van der Waals surface area contributed by atoms with Crippen LogP contribution in [0.15, 0.2) is 65.4 Å². The Morgan fingerprint density at radius 3 is 2.69 bits per heavy atom. The lowest BCUT2D eigenvalue weighted by molar-refractivity contribution is 0.0947. The van der Waals surface area contributed by atoms with E-state index < -0.39 is 0 Å². The van der Waals surface area contributed by atoms with Gasteiger partial charge < -0.3 is 19.8 Å². The summed E-state index contributed by atoms with van der Waals surface area (Å²) in [6, 6.07) is 14.7. The van der Waals surface area contributed by atoms with Crippen LogP contribution in [0.2, 0.25) is 0 Å². The van der Waals surface area contributed by atoms with E-state index in [1.807, 2.05) is 44.2 Å². The van der Waals surface area contributed by atoms with E-state index in [1.165, 1.54) is 6.20 Å². The average molecular weight is 351 g/mol. The first kappa shape index (κ1) is 17.5. The van der Waals surface area contributed by atoms with Crippen molar-refractivity contribution in [3.63, 3.8) is 0 Å². The number of hydrogen-bond acceptors (Lipinski definition) is 5. The first-order valence-corrected chi connectivity index (χ1v) is 8.41. The van der Waals surface area contributed by atoms with Gasteiger partial charge in [0.15, 0.2) is 0 Å². The van der Waals surface area contributed by atoms with Crippen LogP contribution < -0.4 is 15.4 Å². The molecule has 134 valence electrons. The molecular weight excluding hydrogens is 330 g/mol. The molecule has 1 aromatic carbocycles. The van der Waals surface area contributed by atoms with Crippen molar-refractivity contribution in [2.45, 2.75) is 26.5 Å². The number of aromatic nitrogens is 1. The number of ether oxygens (including phenoxy) is 1. The zero-order chi connectivity index (χ0) is 18.4. The molecule has 0 saturated carbocycles. The van der Waals surface area contributed by atoms with Gasteiger partial charge in [-0.3, -0.25) is 4.79 Å². The Balaban J connectivity index is 1.63. The number of carbonyl (C=O) groups excluding carboxylic acids is 1. The van der Waals surface area contributed by atoms with Gasteiger partial charge in [0.1, 0.15) is 17.3 Å². The Kier molecular flexibility index (Phi) is 5.53. The highest BCUT2D eigenvalue weighted by Crippen LogP contribution is 2.27. The third kappa shape index (κ3) is 4.63. The van der Waals surface area contributed by atoms with Crippen molar-refractivity contribution in [3.8, 4) is 5.75 Å². The van der Waals surface area contributed by atoms with Crippen LogP contribution in [0.4, 0.5) is 11.5 Å². The van der Waals surface area contributed by atoms with Crippen molar-refractivity contribution in [2.24, 2.45) is 0 Å². The summed E-state index contributed by atoms with van der Waals surface area (Å²) in [6.45, 7) is 4.29. The van der Waals surface area contributed by atoms with Crippen LogP contribution >= 0.6 is 0 Å². The van der Waals surface area contributed by atoms with Gasteiger partial charge in [-0.25, -0.2) is 4.98 Å². The Morgan fingerprint density at radius 1 is 1.15 bits per heavy atom. The van der Waals surface area contributed by atoms with Crippen molar-refractivity contribution in [3.05, 3.63) is 72.3 Å². The van der Waals surface area contributed by atoms with Gasteiger partial charge >= 0.3 is 0 Å². The van der Waals surface area contributed by atoms with E-state index in [0.717, 1.165) is 11.4 Å². The van der Waals surface area contributed by atoms with Gasteiger partial charge in [-0.05, 0) is 50.2 Å². The molecule has 6 heteroatoms. The number of benzene rings is 1. The zero-order valence-electron chi connectivity index (χ0n) is 14.7. The molecule has 0 aliphatic carbocycles. The fourth-order valence-electron chi connectivity index (χ4n) is 2.35. The fourth-order valence-corrected chi connectivity index (χ4v) is 2.35. The predicted octanol–water partition coefficient (Wildman–Crippen LogP) is 4.14. The Labute approximate surface area is 152 Å². The number of nitrogens with one attached hydrogen (secondary N) is 2. The highest BCUT2D eigenvalue weighted by atomic mass is 16.5. The molecular formula is C20H21N3O3. The van der Waals surface area contributed by atoms with Gasteiger partial charge in [0.2, 0.25) is 0 Å². The van der Waals surface area contributed by atoms with E-state index in [-0.39, 0.29) is 12.0 Å².